The molecule has 2 rings (SSSR count). The third-order valence-electron chi connectivity index (χ3n) is 5.71. The van der Waals surface area contributed by atoms with Crippen LogP contribution in [-0.2, 0) is 9.53 Å². The van der Waals surface area contributed by atoms with Crippen molar-refractivity contribution in [1.29, 1.82) is 0 Å². The van der Waals surface area contributed by atoms with Gasteiger partial charge in [-0.2, -0.15) is 0 Å². The molecule has 20 heavy (non-hydrogen) atoms. The van der Waals surface area contributed by atoms with E-state index in [4.69, 9.17) is 4.74 Å². The van der Waals surface area contributed by atoms with Crippen LogP contribution in [0.2, 0.25) is 0 Å². The molecule has 0 amide bonds. The number of rotatable bonds is 6. The summed E-state index contributed by atoms with van der Waals surface area (Å²) in [4.78, 5) is 11.4. The van der Waals surface area contributed by atoms with Gasteiger partial charge in [0.05, 0.1) is 12.5 Å². The molecule has 0 bridgehead atoms. The van der Waals surface area contributed by atoms with Gasteiger partial charge < -0.3 is 15.2 Å². The van der Waals surface area contributed by atoms with Crippen molar-refractivity contribution >= 4 is 5.97 Å². The van der Waals surface area contributed by atoms with Crippen LogP contribution >= 0.6 is 0 Å². The van der Waals surface area contributed by atoms with E-state index in [1.54, 1.807) is 7.11 Å². The second-order valence-electron chi connectivity index (χ2n) is 7.25. The second kappa shape index (κ2) is 6.02. The van der Waals surface area contributed by atoms with Crippen LogP contribution in [0.5, 0.6) is 0 Å². The first kappa shape index (κ1) is 15.8. The van der Waals surface area contributed by atoms with Crippen molar-refractivity contribution in [3.63, 3.8) is 0 Å². The molecule has 2 N–H and O–H groups in total. The van der Waals surface area contributed by atoms with Gasteiger partial charge in [-0.1, -0.05) is 20.8 Å². The van der Waals surface area contributed by atoms with E-state index in [9.17, 15) is 9.90 Å². The smallest absolute Gasteiger partial charge is 0.307 e. The maximum atomic E-state index is 11.4. The van der Waals surface area contributed by atoms with Gasteiger partial charge in [0.25, 0.3) is 0 Å². The van der Waals surface area contributed by atoms with Gasteiger partial charge in [-0.3, -0.25) is 4.79 Å². The Labute approximate surface area is 122 Å². The molecule has 4 atom stereocenters. The van der Waals surface area contributed by atoms with Gasteiger partial charge in [-0.25, -0.2) is 0 Å². The number of ether oxygens (including phenoxy) is 1. The number of nitrogens with one attached hydrogen (secondary N) is 1. The summed E-state index contributed by atoms with van der Waals surface area (Å²) in [5.74, 6) is 0.242. The van der Waals surface area contributed by atoms with Crippen LogP contribution in [0.15, 0.2) is 0 Å². The molecule has 0 aromatic heterocycles. The van der Waals surface area contributed by atoms with Crippen molar-refractivity contribution in [3.05, 3.63) is 0 Å². The average molecular weight is 283 g/mol. The lowest BCUT2D eigenvalue weighted by molar-refractivity contribution is -0.150. The predicted octanol–water partition coefficient (Wildman–Crippen LogP) is 2.53. The SMILES string of the molecule is COCC(NC1CCC(C(=O)O)C(C)(C)C1C)C1CC1. The van der Waals surface area contributed by atoms with Crippen molar-refractivity contribution in [2.24, 2.45) is 23.2 Å². The predicted molar refractivity (Wildman–Crippen MR) is 78.6 cm³/mol. The highest BCUT2D eigenvalue weighted by atomic mass is 16.5. The van der Waals surface area contributed by atoms with Crippen LogP contribution in [-0.4, -0.2) is 36.9 Å². The third kappa shape index (κ3) is 3.17. The molecule has 0 aliphatic heterocycles. The molecular formula is C16H29NO3. The highest BCUT2D eigenvalue weighted by molar-refractivity contribution is 5.71. The van der Waals surface area contributed by atoms with Gasteiger partial charge in [-0.05, 0) is 42.9 Å². The number of aliphatic carboxylic acids is 1. The Hall–Kier alpha value is -0.610. The summed E-state index contributed by atoms with van der Waals surface area (Å²) < 4.78 is 5.34. The largest absolute Gasteiger partial charge is 0.481 e. The molecule has 2 saturated carbocycles. The maximum absolute atomic E-state index is 11.4. The Kier molecular flexibility index (Phi) is 4.75. The molecule has 4 nitrogen and oxygen atoms in total. The monoisotopic (exact) mass is 283 g/mol. The minimum atomic E-state index is -0.643. The Morgan fingerprint density at radius 3 is 2.50 bits per heavy atom. The Balaban J connectivity index is 2.01. The molecule has 2 fully saturated rings. The minimum absolute atomic E-state index is 0.164. The molecule has 0 radical (unpaired) electrons. The molecule has 2 aliphatic rings. The number of carboxylic acid groups (broad SMARTS) is 1. The minimum Gasteiger partial charge on any atom is -0.481 e. The molecule has 0 heterocycles. The van der Waals surface area contributed by atoms with E-state index in [1.165, 1.54) is 12.8 Å². The molecule has 4 heteroatoms. The lowest BCUT2D eigenvalue weighted by atomic mass is 9.61. The van der Waals surface area contributed by atoms with Crippen LogP contribution in [0.1, 0.15) is 46.5 Å². The summed E-state index contributed by atoms with van der Waals surface area (Å²) in [5.41, 5.74) is -0.164. The topological polar surface area (TPSA) is 58.6 Å². The molecule has 2 aliphatic carbocycles. The molecule has 0 spiro atoms. The first-order valence-electron chi connectivity index (χ1n) is 7.85. The fourth-order valence-corrected chi connectivity index (χ4v) is 3.75. The van der Waals surface area contributed by atoms with Crippen LogP contribution in [0, 0.1) is 23.2 Å². The summed E-state index contributed by atoms with van der Waals surface area (Å²) in [7, 11) is 1.76. The number of hydrogen-bond acceptors (Lipinski definition) is 3. The summed E-state index contributed by atoms with van der Waals surface area (Å²) in [6.07, 6.45) is 4.32. The molecule has 116 valence electrons. The van der Waals surface area contributed by atoms with Gasteiger partial charge in [0.2, 0.25) is 0 Å². The van der Waals surface area contributed by atoms with Crippen LogP contribution in [0.4, 0.5) is 0 Å². The van der Waals surface area contributed by atoms with Crippen molar-refractivity contribution in [2.75, 3.05) is 13.7 Å². The molecular weight excluding hydrogens is 254 g/mol. The molecule has 4 unspecified atom stereocenters. The van der Waals surface area contributed by atoms with E-state index in [0.29, 0.717) is 18.0 Å². The maximum Gasteiger partial charge on any atom is 0.307 e. The first-order valence-corrected chi connectivity index (χ1v) is 7.85. The van der Waals surface area contributed by atoms with E-state index < -0.39 is 5.97 Å². The fourth-order valence-electron chi connectivity index (χ4n) is 3.75. The summed E-state index contributed by atoms with van der Waals surface area (Å²) in [6.45, 7) is 7.17. The van der Waals surface area contributed by atoms with Crippen LogP contribution in [0.25, 0.3) is 0 Å². The second-order valence-corrected chi connectivity index (χ2v) is 7.25. The van der Waals surface area contributed by atoms with E-state index in [2.05, 4.69) is 26.1 Å². The zero-order valence-electron chi connectivity index (χ0n) is 13.2. The normalized spacial score (nSPS) is 34.7. The van der Waals surface area contributed by atoms with Crippen molar-refractivity contribution < 1.29 is 14.6 Å². The van der Waals surface area contributed by atoms with E-state index >= 15 is 0 Å². The van der Waals surface area contributed by atoms with Crippen LogP contribution < -0.4 is 5.32 Å². The number of hydrogen-bond donors (Lipinski definition) is 2. The summed E-state index contributed by atoms with van der Waals surface area (Å²) >= 11 is 0. The van der Waals surface area contributed by atoms with Crippen molar-refractivity contribution in [1.82, 2.24) is 5.32 Å². The highest BCUT2D eigenvalue weighted by Gasteiger charge is 2.47. The zero-order valence-corrected chi connectivity index (χ0v) is 13.2. The Bertz CT molecular complexity index is 352. The number of methoxy groups -OCH3 is 1. The standard InChI is InChI=1S/C16H29NO3/c1-10-13(17-14(9-20-4)11-5-6-11)8-7-12(15(18)19)16(10,2)3/h10-14,17H,5-9H2,1-4H3,(H,18,19). The van der Waals surface area contributed by atoms with E-state index in [-0.39, 0.29) is 11.3 Å². The van der Waals surface area contributed by atoms with E-state index in [1.807, 2.05) is 0 Å². The van der Waals surface area contributed by atoms with E-state index in [0.717, 1.165) is 25.4 Å². The quantitative estimate of drug-likeness (QED) is 0.786. The van der Waals surface area contributed by atoms with Gasteiger partial charge in [0.15, 0.2) is 0 Å². The first-order chi connectivity index (χ1) is 9.37. The fraction of sp³-hybridized carbons (Fsp3) is 0.938. The summed E-state index contributed by atoms with van der Waals surface area (Å²) in [5, 5.41) is 13.2. The third-order valence-corrected chi connectivity index (χ3v) is 5.71. The van der Waals surface area contributed by atoms with Crippen molar-refractivity contribution in [3.8, 4) is 0 Å². The molecule has 0 saturated heterocycles. The van der Waals surface area contributed by atoms with Gasteiger partial charge >= 0.3 is 5.97 Å². The van der Waals surface area contributed by atoms with Gasteiger partial charge in [0, 0.05) is 19.2 Å². The molecule has 0 aromatic carbocycles. The number of carboxylic acids is 1. The lowest BCUT2D eigenvalue weighted by Crippen LogP contribution is -2.54. The van der Waals surface area contributed by atoms with Gasteiger partial charge in [0.1, 0.15) is 0 Å². The highest BCUT2D eigenvalue weighted by Crippen LogP contribution is 2.45. The Morgan fingerprint density at radius 1 is 1.35 bits per heavy atom. The number of carbonyl (C=O) groups is 1. The average Bonchev–Trinajstić information content (AvgIpc) is 3.17. The lowest BCUT2D eigenvalue weighted by Gasteiger charge is -2.47. The molecule has 0 aromatic rings. The zero-order chi connectivity index (χ0) is 14.9. The Morgan fingerprint density at radius 2 is 2.00 bits per heavy atom. The summed E-state index contributed by atoms with van der Waals surface area (Å²) in [6, 6.07) is 0.839. The van der Waals surface area contributed by atoms with Gasteiger partial charge in [-0.15, -0.1) is 0 Å². The van der Waals surface area contributed by atoms with Crippen LogP contribution in [0.3, 0.4) is 0 Å². The van der Waals surface area contributed by atoms with Crippen molar-refractivity contribution in [2.45, 2.75) is 58.5 Å².